The first-order valence-corrected chi connectivity index (χ1v) is 5.97. The maximum absolute atomic E-state index is 5.72. The summed E-state index contributed by atoms with van der Waals surface area (Å²) in [6.45, 7) is 0.681. The largest absolute Gasteiger partial charge is 0.496 e. The van der Waals surface area contributed by atoms with E-state index in [0.29, 0.717) is 18.1 Å². The first-order chi connectivity index (χ1) is 9.11. The molecule has 0 aliphatic carbocycles. The quantitative estimate of drug-likeness (QED) is 0.875. The topological polar surface area (TPSA) is 77.4 Å². The molecule has 0 bridgehead atoms. The van der Waals surface area contributed by atoms with Crippen LogP contribution >= 0.6 is 0 Å². The Hall–Kier alpha value is -2.43. The summed E-state index contributed by atoms with van der Waals surface area (Å²) in [6, 6.07) is 11.5. The van der Waals surface area contributed by atoms with E-state index >= 15 is 0 Å². The Kier molecular flexibility index (Phi) is 3.75. The van der Waals surface area contributed by atoms with Crippen LogP contribution in [0.25, 0.3) is 0 Å². The molecule has 0 aliphatic heterocycles. The predicted molar refractivity (Wildman–Crippen MR) is 78.2 cm³/mol. The average molecular weight is 258 g/mol. The molecule has 2 rings (SSSR count). The molecule has 19 heavy (non-hydrogen) atoms. The summed E-state index contributed by atoms with van der Waals surface area (Å²) in [6.07, 6.45) is 0. The molecule has 0 radical (unpaired) electrons. The van der Waals surface area contributed by atoms with Gasteiger partial charge in [-0.3, -0.25) is 0 Å². The molecule has 0 saturated heterocycles. The molecule has 5 heteroatoms. The highest BCUT2D eigenvalue weighted by Gasteiger charge is 2.08. The number of methoxy groups -OCH3 is 1. The third kappa shape index (κ3) is 2.88. The molecule has 100 valence electrons. The standard InChI is InChI=1S/C14H18N4O/c1-18(13-8-7-11(15)14(16)17-13)9-10-5-3-4-6-12(10)19-2/h3-8H,9,15H2,1-2H3,(H2,16,17). The monoisotopic (exact) mass is 258 g/mol. The van der Waals surface area contributed by atoms with Crippen molar-refractivity contribution in [2.75, 3.05) is 30.5 Å². The summed E-state index contributed by atoms with van der Waals surface area (Å²) >= 11 is 0. The molecule has 0 saturated carbocycles. The third-order valence-electron chi connectivity index (χ3n) is 2.93. The maximum Gasteiger partial charge on any atom is 0.149 e. The molecule has 4 N–H and O–H groups in total. The van der Waals surface area contributed by atoms with E-state index in [1.165, 1.54) is 0 Å². The number of benzene rings is 1. The van der Waals surface area contributed by atoms with E-state index in [2.05, 4.69) is 4.98 Å². The number of pyridine rings is 1. The molecular formula is C14H18N4O. The number of ether oxygens (including phenoxy) is 1. The Morgan fingerprint density at radius 3 is 2.58 bits per heavy atom. The minimum Gasteiger partial charge on any atom is -0.496 e. The van der Waals surface area contributed by atoms with Gasteiger partial charge in [0.2, 0.25) is 0 Å². The number of aromatic nitrogens is 1. The van der Waals surface area contributed by atoms with Gasteiger partial charge in [-0.2, -0.15) is 0 Å². The number of hydrogen-bond donors (Lipinski definition) is 2. The van der Waals surface area contributed by atoms with Crippen molar-refractivity contribution >= 4 is 17.3 Å². The highest BCUT2D eigenvalue weighted by atomic mass is 16.5. The third-order valence-corrected chi connectivity index (χ3v) is 2.93. The fraction of sp³-hybridized carbons (Fsp3) is 0.214. The van der Waals surface area contributed by atoms with Crippen molar-refractivity contribution in [3.05, 3.63) is 42.0 Å². The summed E-state index contributed by atoms with van der Waals surface area (Å²) in [7, 11) is 3.61. The van der Waals surface area contributed by atoms with Crippen LogP contribution in [-0.2, 0) is 6.54 Å². The first kappa shape index (κ1) is 13.0. The highest BCUT2D eigenvalue weighted by molar-refractivity contribution is 5.62. The van der Waals surface area contributed by atoms with Crippen LogP contribution in [0.1, 0.15) is 5.56 Å². The summed E-state index contributed by atoms with van der Waals surface area (Å²) in [5.74, 6) is 1.99. The van der Waals surface area contributed by atoms with Crippen LogP contribution in [0.2, 0.25) is 0 Å². The number of anilines is 3. The van der Waals surface area contributed by atoms with E-state index in [9.17, 15) is 0 Å². The zero-order valence-corrected chi connectivity index (χ0v) is 11.1. The normalized spacial score (nSPS) is 10.2. The second-order valence-corrected chi connectivity index (χ2v) is 4.31. The summed E-state index contributed by atoms with van der Waals surface area (Å²) < 4.78 is 5.33. The van der Waals surface area contributed by atoms with E-state index < -0.39 is 0 Å². The highest BCUT2D eigenvalue weighted by Crippen LogP contribution is 2.23. The van der Waals surface area contributed by atoms with Crippen molar-refractivity contribution in [3.63, 3.8) is 0 Å². The minimum absolute atomic E-state index is 0.351. The van der Waals surface area contributed by atoms with Crippen LogP contribution in [0.3, 0.4) is 0 Å². The van der Waals surface area contributed by atoms with Crippen LogP contribution in [-0.4, -0.2) is 19.1 Å². The zero-order valence-electron chi connectivity index (χ0n) is 11.1. The predicted octanol–water partition coefficient (Wildman–Crippen LogP) is 1.89. The molecule has 2 aromatic rings. The molecule has 0 aliphatic rings. The van der Waals surface area contributed by atoms with Gasteiger partial charge in [-0.15, -0.1) is 0 Å². The molecule has 0 spiro atoms. The van der Waals surface area contributed by atoms with Gasteiger partial charge in [-0.1, -0.05) is 18.2 Å². The lowest BCUT2D eigenvalue weighted by Gasteiger charge is -2.20. The molecule has 1 heterocycles. The van der Waals surface area contributed by atoms with Gasteiger partial charge >= 0.3 is 0 Å². The number of nitrogens with two attached hydrogens (primary N) is 2. The zero-order chi connectivity index (χ0) is 13.8. The van der Waals surface area contributed by atoms with Gasteiger partial charge in [0.1, 0.15) is 17.4 Å². The van der Waals surface area contributed by atoms with Crippen LogP contribution in [0.5, 0.6) is 5.75 Å². The second-order valence-electron chi connectivity index (χ2n) is 4.31. The number of para-hydroxylation sites is 1. The number of nitrogens with zero attached hydrogens (tertiary/aromatic N) is 2. The van der Waals surface area contributed by atoms with Gasteiger partial charge in [0.15, 0.2) is 0 Å². The number of nitrogen functional groups attached to an aromatic ring is 2. The molecule has 5 nitrogen and oxygen atoms in total. The van der Waals surface area contributed by atoms with Crippen LogP contribution in [0, 0.1) is 0 Å². The fourth-order valence-corrected chi connectivity index (χ4v) is 1.86. The summed E-state index contributed by atoms with van der Waals surface area (Å²) in [4.78, 5) is 6.26. The lowest BCUT2D eigenvalue weighted by atomic mass is 10.2. The Morgan fingerprint density at radius 1 is 1.16 bits per heavy atom. The Balaban J connectivity index is 2.20. The number of hydrogen-bond acceptors (Lipinski definition) is 5. The van der Waals surface area contributed by atoms with Gasteiger partial charge < -0.3 is 21.1 Å². The van der Waals surface area contributed by atoms with Crippen molar-refractivity contribution in [3.8, 4) is 5.75 Å². The Bertz CT molecular complexity index is 571. The van der Waals surface area contributed by atoms with E-state index in [-0.39, 0.29) is 0 Å². The van der Waals surface area contributed by atoms with Crippen molar-refractivity contribution in [1.82, 2.24) is 4.98 Å². The van der Waals surface area contributed by atoms with Crippen LogP contribution in [0.4, 0.5) is 17.3 Å². The lowest BCUT2D eigenvalue weighted by Crippen LogP contribution is -2.18. The minimum atomic E-state index is 0.351. The molecular weight excluding hydrogens is 240 g/mol. The van der Waals surface area contributed by atoms with Gasteiger partial charge in [0, 0.05) is 19.2 Å². The van der Waals surface area contributed by atoms with Gasteiger partial charge in [-0.25, -0.2) is 4.98 Å². The van der Waals surface area contributed by atoms with Gasteiger partial charge in [0.05, 0.1) is 12.8 Å². The average Bonchev–Trinajstić information content (AvgIpc) is 2.42. The Labute approximate surface area is 112 Å². The van der Waals surface area contributed by atoms with Crippen LogP contribution < -0.4 is 21.1 Å². The van der Waals surface area contributed by atoms with E-state index in [0.717, 1.165) is 17.1 Å². The second kappa shape index (κ2) is 5.48. The maximum atomic E-state index is 5.72. The van der Waals surface area contributed by atoms with Gasteiger partial charge in [0.25, 0.3) is 0 Å². The van der Waals surface area contributed by atoms with Crippen molar-refractivity contribution in [2.45, 2.75) is 6.54 Å². The van der Waals surface area contributed by atoms with Crippen LogP contribution in [0.15, 0.2) is 36.4 Å². The first-order valence-electron chi connectivity index (χ1n) is 5.97. The number of rotatable bonds is 4. The molecule has 0 atom stereocenters. The van der Waals surface area contributed by atoms with Gasteiger partial charge in [-0.05, 0) is 18.2 Å². The van der Waals surface area contributed by atoms with Crippen molar-refractivity contribution in [2.24, 2.45) is 0 Å². The van der Waals surface area contributed by atoms with Crippen molar-refractivity contribution < 1.29 is 4.74 Å². The SMILES string of the molecule is COc1ccccc1CN(C)c1ccc(N)c(N)n1. The van der Waals surface area contributed by atoms with E-state index in [1.807, 2.05) is 42.3 Å². The van der Waals surface area contributed by atoms with Crippen molar-refractivity contribution in [1.29, 1.82) is 0 Å². The summed E-state index contributed by atoms with van der Waals surface area (Å²) in [5, 5.41) is 0. The summed E-state index contributed by atoms with van der Waals surface area (Å²) in [5.41, 5.74) is 13.0. The smallest absolute Gasteiger partial charge is 0.149 e. The molecule has 0 unspecified atom stereocenters. The molecule has 0 fully saturated rings. The van der Waals surface area contributed by atoms with E-state index in [4.69, 9.17) is 16.2 Å². The molecule has 1 aromatic carbocycles. The molecule has 1 aromatic heterocycles. The fourth-order valence-electron chi connectivity index (χ4n) is 1.86. The lowest BCUT2D eigenvalue weighted by molar-refractivity contribution is 0.409. The Morgan fingerprint density at radius 2 is 1.89 bits per heavy atom. The van der Waals surface area contributed by atoms with E-state index in [1.54, 1.807) is 13.2 Å². The molecule has 0 amide bonds.